The minimum Gasteiger partial charge on any atom is -0.491 e. The smallest absolute Gasteiger partial charge is 0.256 e. The number of halogens is 1. The van der Waals surface area contributed by atoms with Crippen molar-refractivity contribution < 1.29 is 17.5 Å². The van der Waals surface area contributed by atoms with Crippen LogP contribution >= 0.6 is 0 Å². The number of fused-ring (bicyclic) bond motifs is 1. The van der Waals surface area contributed by atoms with Crippen molar-refractivity contribution in [1.29, 1.82) is 0 Å². The molecular weight excluding hydrogens is 331 g/mol. The maximum atomic E-state index is 14.3. The molecule has 132 valence electrons. The molecule has 2 aliphatic rings. The van der Waals surface area contributed by atoms with Crippen LogP contribution in [0.1, 0.15) is 44.1 Å². The number of ether oxygens (including phenoxy) is 1. The number of amidine groups is 1. The minimum absolute atomic E-state index is 0.0573. The molecule has 0 amide bonds. The second-order valence-electron chi connectivity index (χ2n) is 6.31. The summed E-state index contributed by atoms with van der Waals surface area (Å²) in [5, 5.41) is 0. The van der Waals surface area contributed by atoms with Gasteiger partial charge in [-0.25, -0.2) is 12.8 Å². The van der Waals surface area contributed by atoms with E-state index in [1.165, 1.54) is 6.07 Å². The number of hydrogen-bond acceptors (Lipinski definition) is 4. The maximum absolute atomic E-state index is 14.3. The molecular formula is C17H23FN2O3S. The molecule has 1 saturated heterocycles. The van der Waals surface area contributed by atoms with E-state index in [1.807, 2.05) is 11.0 Å². The molecule has 0 spiro atoms. The summed E-state index contributed by atoms with van der Waals surface area (Å²) in [7, 11) is -3.40. The summed E-state index contributed by atoms with van der Waals surface area (Å²) >= 11 is 0. The standard InChI is InChI=1S/C17H23FN2O3S/c1-2-3-10-23-16-7-6-13(12-15(16)18)14-5-4-8-20-9-11-24(21,22)19-17(14)20/h6-7,12,14H,2-5,8-11H2,1H3. The molecule has 0 bridgehead atoms. The van der Waals surface area contributed by atoms with Crippen molar-refractivity contribution in [3.05, 3.63) is 29.6 Å². The van der Waals surface area contributed by atoms with E-state index in [2.05, 4.69) is 11.3 Å². The molecule has 7 heteroatoms. The van der Waals surface area contributed by atoms with Crippen LogP contribution in [0.3, 0.4) is 0 Å². The second kappa shape index (κ2) is 7.09. The van der Waals surface area contributed by atoms with Gasteiger partial charge in [-0.2, -0.15) is 0 Å². The molecule has 0 radical (unpaired) electrons. The van der Waals surface area contributed by atoms with Crippen LogP contribution in [0, 0.1) is 5.82 Å². The van der Waals surface area contributed by atoms with Crippen molar-refractivity contribution in [1.82, 2.24) is 4.90 Å². The lowest BCUT2D eigenvalue weighted by Crippen LogP contribution is -2.46. The molecule has 1 fully saturated rings. The van der Waals surface area contributed by atoms with E-state index in [-0.39, 0.29) is 17.4 Å². The Morgan fingerprint density at radius 1 is 1.38 bits per heavy atom. The van der Waals surface area contributed by atoms with Crippen LogP contribution in [0.15, 0.2) is 22.6 Å². The molecule has 0 aromatic heterocycles. The van der Waals surface area contributed by atoms with Crippen LogP contribution in [0.25, 0.3) is 0 Å². The zero-order chi connectivity index (χ0) is 17.2. The van der Waals surface area contributed by atoms with Crippen LogP contribution < -0.4 is 4.74 Å². The fourth-order valence-electron chi connectivity index (χ4n) is 3.20. The summed E-state index contributed by atoms with van der Waals surface area (Å²) in [6.45, 7) is 3.83. The zero-order valence-corrected chi connectivity index (χ0v) is 14.7. The van der Waals surface area contributed by atoms with Gasteiger partial charge in [-0.3, -0.25) is 0 Å². The fourth-order valence-corrected chi connectivity index (χ4v) is 4.27. The third kappa shape index (κ3) is 3.71. The number of benzene rings is 1. The number of hydrogen-bond donors (Lipinski definition) is 0. The molecule has 24 heavy (non-hydrogen) atoms. The molecule has 1 atom stereocenters. The van der Waals surface area contributed by atoms with Gasteiger partial charge in [0.2, 0.25) is 0 Å². The average molecular weight is 354 g/mol. The monoisotopic (exact) mass is 354 g/mol. The summed E-state index contributed by atoms with van der Waals surface area (Å²) in [6, 6.07) is 4.92. The molecule has 5 nitrogen and oxygen atoms in total. The van der Waals surface area contributed by atoms with E-state index in [0.29, 0.717) is 19.0 Å². The van der Waals surface area contributed by atoms with Gasteiger partial charge < -0.3 is 9.64 Å². The van der Waals surface area contributed by atoms with Crippen LogP contribution in [0.4, 0.5) is 4.39 Å². The molecule has 2 aliphatic heterocycles. The van der Waals surface area contributed by atoms with Gasteiger partial charge in [-0.15, -0.1) is 4.40 Å². The summed E-state index contributed by atoms with van der Waals surface area (Å²) < 4.78 is 47.4. The van der Waals surface area contributed by atoms with Crippen LogP contribution in [-0.2, 0) is 10.0 Å². The van der Waals surface area contributed by atoms with Gasteiger partial charge in [-0.05, 0) is 37.0 Å². The molecule has 1 aromatic rings. The molecule has 3 rings (SSSR count). The predicted molar refractivity (Wildman–Crippen MR) is 91.6 cm³/mol. The lowest BCUT2D eigenvalue weighted by molar-refractivity contribution is 0.294. The van der Waals surface area contributed by atoms with Crippen molar-refractivity contribution >= 4 is 15.9 Å². The highest BCUT2D eigenvalue weighted by atomic mass is 32.2. The van der Waals surface area contributed by atoms with Gasteiger partial charge in [0.15, 0.2) is 11.6 Å². The molecule has 1 aromatic carbocycles. The molecule has 0 N–H and O–H groups in total. The Morgan fingerprint density at radius 2 is 2.21 bits per heavy atom. The van der Waals surface area contributed by atoms with Gasteiger partial charge in [-0.1, -0.05) is 19.4 Å². The normalized spacial score (nSPS) is 22.7. The van der Waals surface area contributed by atoms with Crippen LogP contribution in [0.2, 0.25) is 0 Å². The number of unbranched alkanes of at least 4 members (excludes halogenated alkanes) is 1. The fraction of sp³-hybridized carbons (Fsp3) is 0.588. The lowest BCUT2D eigenvalue weighted by atomic mass is 9.89. The first kappa shape index (κ1) is 17.2. The van der Waals surface area contributed by atoms with E-state index < -0.39 is 15.8 Å². The average Bonchev–Trinajstić information content (AvgIpc) is 2.55. The van der Waals surface area contributed by atoms with E-state index in [9.17, 15) is 12.8 Å². The number of sulfonamides is 1. The van der Waals surface area contributed by atoms with Crippen molar-refractivity contribution in [3.8, 4) is 5.75 Å². The lowest BCUT2D eigenvalue weighted by Gasteiger charge is -2.37. The Morgan fingerprint density at radius 3 is 2.96 bits per heavy atom. The summed E-state index contributed by atoms with van der Waals surface area (Å²) in [5.74, 6) is 0.291. The highest BCUT2D eigenvalue weighted by Crippen LogP contribution is 2.33. The Hall–Kier alpha value is -1.63. The van der Waals surface area contributed by atoms with E-state index in [1.54, 1.807) is 6.07 Å². The second-order valence-corrected chi connectivity index (χ2v) is 8.06. The SMILES string of the molecule is CCCCOc1ccc(C2CCCN3CCS(=O)(=O)N=C23)cc1F. The van der Waals surface area contributed by atoms with Gasteiger partial charge in [0.05, 0.1) is 12.4 Å². The molecule has 2 heterocycles. The third-order valence-corrected chi connectivity index (χ3v) is 5.69. The topological polar surface area (TPSA) is 59.0 Å². The number of rotatable bonds is 5. The Balaban J connectivity index is 1.85. The first-order valence-electron chi connectivity index (χ1n) is 8.50. The third-order valence-electron chi connectivity index (χ3n) is 4.52. The van der Waals surface area contributed by atoms with Crippen molar-refractivity contribution in [3.63, 3.8) is 0 Å². The van der Waals surface area contributed by atoms with Crippen molar-refractivity contribution in [2.45, 2.75) is 38.5 Å². The first-order valence-corrected chi connectivity index (χ1v) is 10.1. The predicted octanol–water partition coefficient (Wildman–Crippen LogP) is 2.93. The molecule has 0 aliphatic carbocycles. The van der Waals surface area contributed by atoms with Crippen LogP contribution in [0.5, 0.6) is 5.75 Å². The van der Waals surface area contributed by atoms with Crippen LogP contribution in [-0.4, -0.2) is 44.6 Å². The van der Waals surface area contributed by atoms with Crippen molar-refractivity contribution in [2.24, 2.45) is 4.40 Å². The maximum Gasteiger partial charge on any atom is 0.256 e. The first-order chi connectivity index (χ1) is 11.5. The summed E-state index contributed by atoms with van der Waals surface area (Å²) in [5.41, 5.74) is 0.760. The summed E-state index contributed by atoms with van der Waals surface area (Å²) in [4.78, 5) is 2.01. The van der Waals surface area contributed by atoms with Crippen molar-refractivity contribution in [2.75, 3.05) is 25.4 Å². The molecule has 1 unspecified atom stereocenters. The van der Waals surface area contributed by atoms with E-state index in [4.69, 9.17) is 4.74 Å². The highest BCUT2D eigenvalue weighted by molar-refractivity contribution is 7.90. The van der Waals surface area contributed by atoms with Gasteiger partial charge in [0.25, 0.3) is 10.0 Å². The zero-order valence-electron chi connectivity index (χ0n) is 13.9. The Bertz CT molecular complexity index is 733. The Labute approximate surface area is 142 Å². The van der Waals surface area contributed by atoms with Gasteiger partial charge in [0.1, 0.15) is 5.84 Å². The Kier molecular flexibility index (Phi) is 5.08. The largest absolute Gasteiger partial charge is 0.491 e. The van der Waals surface area contributed by atoms with E-state index >= 15 is 0 Å². The number of piperidine rings is 1. The minimum atomic E-state index is -3.40. The summed E-state index contributed by atoms with van der Waals surface area (Å²) in [6.07, 6.45) is 3.60. The quantitative estimate of drug-likeness (QED) is 0.763. The highest BCUT2D eigenvalue weighted by Gasteiger charge is 2.33. The van der Waals surface area contributed by atoms with E-state index in [0.717, 1.165) is 37.8 Å². The van der Waals surface area contributed by atoms with Gasteiger partial charge in [0, 0.05) is 19.0 Å². The number of nitrogens with zero attached hydrogens (tertiary/aromatic N) is 2. The molecule has 0 saturated carbocycles. The van der Waals surface area contributed by atoms with Gasteiger partial charge >= 0.3 is 0 Å².